The number of alkyl halides is 3. The van der Waals surface area contributed by atoms with Gasteiger partial charge in [0.1, 0.15) is 5.82 Å². The maximum absolute atomic E-state index is 12.8. The summed E-state index contributed by atoms with van der Waals surface area (Å²) in [7, 11) is 1.82. The zero-order chi connectivity index (χ0) is 22.1. The van der Waals surface area contributed by atoms with Crippen molar-refractivity contribution in [3.05, 3.63) is 34.2 Å². The van der Waals surface area contributed by atoms with Crippen LogP contribution in [-0.2, 0) is 18.0 Å². The average molecular weight is 445 g/mol. The predicted octanol–water partition coefficient (Wildman–Crippen LogP) is 3.25. The molecule has 0 radical (unpaired) electrons. The van der Waals surface area contributed by atoms with Crippen molar-refractivity contribution in [1.29, 1.82) is 0 Å². The van der Waals surface area contributed by atoms with Gasteiger partial charge >= 0.3 is 6.18 Å². The summed E-state index contributed by atoms with van der Waals surface area (Å²) in [5.41, 5.74) is 1.49. The van der Waals surface area contributed by atoms with Gasteiger partial charge in [-0.05, 0) is 26.3 Å². The minimum atomic E-state index is -4.48. The van der Waals surface area contributed by atoms with Crippen molar-refractivity contribution in [1.82, 2.24) is 19.7 Å². The van der Waals surface area contributed by atoms with E-state index in [0.717, 1.165) is 35.8 Å². The molecule has 0 bridgehead atoms. The Labute approximate surface area is 177 Å². The largest absolute Gasteiger partial charge is 0.417 e. The number of carbonyl (C=O) groups excluding carboxylic acids is 1. The Morgan fingerprint density at radius 2 is 1.97 bits per heavy atom. The Morgan fingerprint density at radius 1 is 1.23 bits per heavy atom. The highest BCUT2D eigenvalue weighted by molar-refractivity contribution is 6.33. The highest BCUT2D eigenvalue weighted by Crippen LogP contribution is 2.33. The molecule has 1 N–H and O–H groups in total. The van der Waals surface area contributed by atoms with Gasteiger partial charge in [-0.1, -0.05) is 11.6 Å². The van der Waals surface area contributed by atoms with Crippen LogP contribution in [0.15, 0.2) is 12.3 Å². The van der Waals surface area contributed by atoms with Crippen LogP contribution in [0.1, 0.15) is 23.4 Å². The number of nitrogens with one attached hydrogen (secondary N) is 1. The van der Waals surface area contributed by atoms with Crippen molar-refractivity contribution in [3.8, 4) is 0 Å². The topological polar surface area (TPSA) is 66.3 Å². The number of amides is 1. The number of rotatable bonds is 4. The molecule has 0 atom stereocenters. The fourth-order valence-corrected chi connectivity index (χ4v) is 3.78. The first-order chi connectivity index (χ1) is 14.1. The van der Waals surface area contributed by atoms with Crippen molar-refractivity contribution in [3.63, 3.8) is 0 Å². The van der Waals surface area contributed by atoms with E-state index in [0.29, 0.717) is 32.0 Å². The molecule has 30 heavy (non-hydrogen) atoms. The predicted molar refractivity (Wildman–Crippen MR) is 109 cm³/mol. The molecular formula is C19H24ClF3N6O. The molecule has 11 heteroatoms. The number of anilines is 2. The Hall–Kier alpha value is -2.33. The van der Waals surface area contributed by atoms with Gasteiger partial charge in [-0.15, -0.1) is 0 Å². The Balaban J connectivity index is 1.60. The van der Waals surface area contributed by atoms with E-state index in [1.807, 2.05) is 30.7 Å². The van der Waals surface area contributed by atoms with Gasteiger partial charge in [-0.3, -0.25) is 14.4 Å². The van der Waals surface area contributed by atoms with E-state index >= 15 is 0 Å². The summed E-state index contributed by atoms with van der Waals surface area (Å²) in [6, 6.07) is 0.901. The van der Waals surface area contributed by atoms with E-state index in [1.165, 1.54) is 0 Å². The van der Waals surface area contributed by atoms with Crippen molar-refractivity contribution < 1.29 is 18.0 Å². The molecule has 7 nitrogen and oxygen atoms in total. The van der Waals surface area contributed by atoms with Crippen LogP contribution in [0, 0.1) is 13.8 Å². The summed E-state index contributed by atoms with van der Waals surface area (Å²) >= 11 is 6.07. The first-order valence-corrected chi connectivity index (χ1v) is 9.94. The van der Waals surface area contributed by atoms with E-state index in [2.05, 4.69) is 15.4 Å². The first-order valence-electron chi connectivity index (χ1n) is 9.56. The molecule has 1 fully saturated rings. The number of pyridine rings is 1. The SMILES string of the molecule is Cc1nn(C)c(C)c1NC(=O)CN1CCCN(c2ncc(C(F)(F)F)cc2Cl)CC1. The van der Waals surface area contributed by atoms with Gasteiger partial charge < -0.3 is 10.2 Å². The molecule has 1 aliphatic rings. The second-order valence-electron chi connectivity index (χ2n) is 7.36. The molecule has 0 spiro atoms. The number of hydrogen-bond acceptors (Lipinski definition) is 5. The third-order valence-corrected chi connectivity index (χ3v) is 5.46. The van der Waals surface area contributed by atoms with Crippen LogP contribution in [0.25, 0.3) is 0 Å². The number of hydrogen-bond donors (Lipinski definition) is 1. The van der Waals surface area contributed by atoms with Crippen LogP contribution in [-0.4, -0.2) is 58.3 Å². The molecule has 164 valence electrons. The van der Waals surface area contributed by atoms with E-state index in [9.17, 15) is 18.0 Å². The first kappa shape index (κ1) is 22.4. The van der Waals surface area contributed by atoms with Gasteiger partial charge in [0.25, 0.3) is 0 Å². The van der Waals surface area contributed by atoms with E-state index in [4.69, 9.17) is 11.6 Å². The normalized spacial score (nSPS) is 15.9. The summed E-state index contributed by atoms with van der Waals surface area (Å²) in [6.07, 6.45) is -2.95. The highest BCUT2D eigenvalue weighted by atomic mass is 35.5. The lowest BCUT2D eigenvalue weighted by atomic mass is 10.2. The second kappa shape index (κ2) is 8.81. The molecule has 3 rings (SSSR count). The Bertz CT molecular complexity index is 930. The summed E-state index contributed by atoms with van der Waals surface area (Å²) in [5, 5.41) is 7.18. The lowest BCUT2D eigenvalue weighted by molar-refractivity contribution is -0.137. The standard InChI is InChI=1S/C19H24ClF3N6O/c1-12-17(13(2)27(3)26-12)25-16(30)11-28-5-4-6-29(8-7-28)18-15(20)9-14(10-24-18)19(21,22)23/h9-10H,4-8,11H2,1-3H3,(H,25,30). The molecule has 2 aromatic rings. The molecule has 2 aromatic heterocycles. The highest BCUT2D eigenvalue weighted by Gasteiger charge is 2.32. The Kier molecular flexibility index (Phi) is 6.56. The molecule has 1 amide bonds. The van der Waals surface area contributed by atoms with Crippen LogP contribution in [0.3, 0.4) is 0 Å². The smallest absolute Gasteiger partial charge is 0.354 e. The lowest BCUT2D eigenvalue weighted by Gasteiger charge is -2.23. The quantitative estimate of drug-likeness (QED) is 0.784. The second-order valence-corrected chi connectivity index (χ2v) is 7.77. The van der Waals surface area contributed by atoms with Crippen molar-refractivity contribution in [2.75, 3.05) is 42.9 Å². The maximum Gasteiger partial charge on any atom is 0.417 e. The molecule has 0 unspecified atom stereocenters. The fraction of sp³-hybridized carbons (Fsp3) is 0.526. The van der Waals surface area contributed by atoms with Crippen LogP contribution in [0.5, 0.6) is 0 Å². The zero-order valence-electron chi connectivity index (χ0n) is 17.1. The van der Waals surface area contributed by atoms with Gasteiger partial charge in [-0.25, -0.2) is 4.98 Å². The monoisotopic (exact) mass is 444 g/mol. The number of aryl methyl sites for hydroxylation is 2. The van der Waals surface area contributed by atoms with Gasteiger partial charge in [0, 0.05) is 39.4 Å². The van der Waals surface area contributed by atoms with Gasteiger partial charge in [0.2, 0.25) is 5.91 Å². The van der Waals surface area contributed by atoms with Crippen LogP contribution in [0.4, 0.5) is 24.7 Å². The van der Waals surface area contributed by atoms with E-state index < -0.39 is 11.7 Å². The van der Waals surface area contributed by atoms with Crippen molar-refractivity contribution >= 4 is 29.0 Å². The molecule has 0 saturated carbocycles. The van der Waals surface area contributed by atoms with Crippen molar-refractivity contribution in [2.24, 2.45) is 7.05 Å². The molecule has 3 heterocycles. The Morgan fingerprint density at radius 3 is 2.57 bits per heavy atom. The average Bonchev–Trinajstić information content (AvgIpc) is 2.82. The van der Waals surface area contributed by atoms with Gasteiger partial charge in [-0.2, -0.15) is 18.3 Å². The molecular weight excluding hydrogens is 421 g/mol. The minimum Gasteiger partial charge on any atom is -0.354 e. The van der Waals surface area contributed by atoms with E-state index in [1.54, 1.807) is 4.68 Å². The molecule has 1 saturated heterocycles. The van der Waals surface area contributed by atoms with Crippen LogP contribution in [0.2, 0.25) is 5.02 Å². The molecule has 1 aliphatic heterocycles. The lowest BCUT2D eigenvalue weighted by Crippen LogP contribution is -2.36. The minimum absolute atomic E-state index is 0.0291. The van der Waals surface area contributed by atoms with Gasteiger partial charge in [0.15, 0.2) is 0 Å². The molecule has 0 aromatic carbocycles. The van der Waals surface area contributed by atoms with Crippen LogP contribution >= 0.6 is 11.6 Å². The maximum atomic E-state index is 12.8. The summed E-state index contributed by atoms with van der Waals surface area (Å²) in [4.78, 5) is 20.3. The summed E-state index contributed by atoms with van der Waals surface area (Å²) < 4.78 is 40.2. The number of halogens is 4. The van der Waals surface area contributed by atoms with E-state index in [-0.39, 0.29) is 17.5 Å². The zero-order valence-corrected chi connectivity index (χ0v) is 17.8. The third-order valence-electron chi connectivity index (χ3n) is 5.18. The van der Waals surface area contributed by atoms with Crippen LogP contribution < -0.4 is 10.2 Å². The number of aromatic nitrogens is 3. The molecule has 0 aliphatic carbocycles. The summed E-state index contributed by atoms with van der Waals surface area (Å²) in [5.74, 6) is 0.200. The number of nitrogens with zero attached hydrogens (tertiary/aromatic N) is 5. The van der Waals surface area contributed by atoms with Gasteiger partial charge in [0.05, 0.1) is 34.2 Å². The summed E-state index contributed by atoms with van der Waals surface area (Å²) in [6.45, 7) is 6.31. The fourth-order valence-electron chi connectivity index (χ4n) is 3.50. The number of carbonyl (C=O) groups is 1. The van der Waals surface area contributed by atoms with Crippen molar-refractivity contribution in [2.45, 2.75) is 26.4 Å². The third kappa shape index (κ3) is 5.04.